The summed E-state index contributed by atoms with van der Waals surface area (Å²) in [7, 11) is 1.26. The molecule has 25 heavy (non-hydrogen) atoms. The Kier molecular flexibility index (Phi) is 5.44. The smallest absolute Gasteiger partial charge is 0.360 e. The van der Waals surface area contributed by atoms with Crippen molar-refractivity contribution in [3.8, 4) is 6.07 Å². The van der Waals surface area contributed by atoms with E-state index in [-0.39, 0.29) is 17.5 Å². The van der Waals surface area contributed by atoms with E-state index in [1.165, 1.54) is 24.5 Å². The number of esters is 1. The van der Waals surface area contributed by atoms with E-state index in [0.29, 0.717) is 11.4 Å². The molecule has 0 amide bonds. The van der Waals surface area contributed by atoms with Crippen molar-refractivity contribution in [3.63, 3.8) is 0 Å². The minimum atomic E-state index is -0.805. The van der Waals surface area contributed by atoms with Crippen LogP contribution in [0.25, 0.3) is 0 Å². The van der Waals surface area contributed by atoms with Gasteiger partial charge in [0, 0.05) is 12.4 Å². The van der Waals surface area contributed by atoms with Gasteiger partial charge in [-0.1, -0.05) is 0 Å². The number of hydrogen-bond acceptors (Lipinski definition) is 8. The Balaban J connectivity index is 2.37. The zero-order valence-electron chi connectivity index (χ0n) is 14.3. The van der Waals surface area contributed by atoms with Crippen molar-refractivity contribution < 1.29 is 9.53 Å². The van der Waals surface area contributed by atoms with Gasteiger partial charge in [-0.15, -0.1) is 11.6 Å². The molecule has 10 heteroatoms. The van der Waals surface area contributed by atoms with Crippen LogP contribution in [0, 0.1) is 18.3 Å². The van der Waals surface area contributed by atoms with E-state index >= 15 is 0 Å². The second kappa shape index (κ2) is 7.36. The number of ether oxygens (including phenoxy) is 1. The number of hydrogen-bond donors (Lipinski definition) is 1. The van der Waals surface area contributed by atoms with Gasteiger partial charge in [0.25, 0.3) is 0 Å². The lowest BCUT2D eigenvalue weighted by atomic mass is 10.1. The minimum absolute atomic E-state index is 0.0189. The van der Waals surface area contributed by atoms with Gasteiger partial charge in [0.05, 0.1) is 30.8 Å². The molecule has 0 radical (unpaired) electrons. The summed E-state index contributed by atoms with van der Waals surface area (Å²) in [4.78, 5) is 20.0. The molecule has 0 aromatic carbocycles. The summed E-state index contributed by atoms with van der Waals surface area (Å²) in [6, 6.07) is 2.16. The van der Waals surface area contributed by atoms with Crippen LogP contribution in [0.3, 0.4) is 0 Å². The van der Waals surface area contributed by atoms with E-state index in [4.69, 9.17) is 16.3 Å². The Hall–Kier alpha value is -2.86. The molecule has 0 unspecified atom stereocenters. The topological polar surface area (TPSA) is 109 Å². The first-order chi connectivity index (χ1) is 11.8. The molecule has 0 aliphatic rings. The van der Waals surface area contributed by atoms with E-state index in [0.717, 1.165) is 0 Å². The zero-order chi connectivity index (χ0) is 18.6. The Morgan fingerprint density at radius 2 is 2.16 bits per heavy atom. The summed E-state index contributed by atoms with van der Waals surface area (Å²) >= 11 is 6.01. The Labute approximate surface area is 150 Å². The van der Waals surface area contributed by atoms with Gasteiger partial charge in [-0.3, -0.25) is 15.1 Å². The third kappa shape index (κ3) is 3.80. The number of nitrogens with zero attached hydrogens (tertiary/aromatic N) is 6. The van der Waals surface area contributed by atoms with E-state index in [2.05, 4.69) is 26.6 Å². The average molecular weight is 364 g/mol. The molecule has 1 N–H and O–H groups in total. The maximum absolute atomic E-state index is 11.9. The minimum Gasteiger partial charge on any atom is -0.464 e. The van der Waals surface area contributed by atoms with Gasteiger partial charge in [0.1, 0.15) is 11.5 Å². The van der Waals surface area contributed by atoms with Gasteiger partial charge >= 0.3 is 5.97 Å². The predicted octanol–water partition coefficient (Wildman–Crippen LogP) is 2.06. The van der Waals surface area contributed by atoms with E-state index in [1.54, 1.807) is 31.6 Å². The van der Waals surface area contributed by atoms with Gasteiger partial charge < -0.3 is 4.74 Å². The quantitative estimate of drug-likeness (QED) is 0.359. The fraction of sp³-hybridized carbons (Fsp3) is 0.400. The zero-order valence-corrected chi connectivity index (χ0v) is 15.1. The number of methoxy groups -OCH3 is 1. The Bertz CT molecular complexity index is 812. The lowest BCUT2D eigenvalue weighted by Gasteiger charge is -2.23. The molecular formula is C15H18ClN7O2. The highest BCUT2D eigenvalue weighted by Gasteiger charge is 2.24. The standard InChI is InChI=1S/C15H18ClN7O2/c1-10-11(7-23(20-10)15(2,3)8-17)21-22(9-16)13-12(14(24)25-4)18-5-6-19-13/h5-7,21H,9H2,1-4H3. The molecule has 2 aromatic heterocycles. The van der Waals surface area contributed by atoms with Crippen LogP contribution >= 0.6 is 11.6 Å². The van der Waals surface area contributed by atoms with Crippen molar-refractivity contribution in [1.82, 2.24) is 19.7 Å². The van der Waals surface area contributed by atoms with Crippen LogP contribution in [0.4, 0.5) is 11.5 Å². The normalized spacial score (nSPS) is 10.9. The van der Waals surface area contributed by atoms with Crippen LogP contribution in [0.5, 0.6) is 0 Å². The SMILES string of the molecule is COC(=O)c1nccnc1N(CCl)Nc1cn(C(C)(C)C#N)nc1C. The lowest BCUT2D eigenvalue weighted by molar-refractivity contribution is 0.0594. The summed E-state index contributed by atoms with van der Waals surface area (Å²) in [5, 5.41) is 15.0. The number of aryl methyl sites for hydroxylation is 1. The summed E-state index contributed by atoms with van der Waals surface area (Å²) in [5.41, 5.74) is 3.54. The van der Waals surface area contributed by atoms with Crippen LogP contribution in [0.1, 0.15) is 30.0 Å². The summed E-state index contributed by atoms with van der Waals surface area (Å²) in [5.74, 6) is -0.408. The molecule has 2 rings (SSSR count). The fourth-order valence-electron chi connectivity index (χ4n) is 1.96. The number of rotatable bonds is 6. The summed E-state index contributed by atoms with van der Waals surface area (Å²) in [6.07, 6.45) is 4.52. The molecule has 0 spiro atoms. The maximum atomic E-state index is 11.9. The highest BCUT2D eigenvalue weighted by atomic mass is 35.5. The number of hydrazine groups is 1. The van der Waals surface area contributed by atoms with E-state index in [1.807, 2.05) is 0 Å². The molecule has 0 fully saturated rings. The van der Waals surface area contributed by atoms with Crippen molar-refractivity contribution in [3.05, 3.63) is 30.0 Å². The molecule has 0 saturated carbocycles. The van der Waals surface area contributed by atoms with Crippen molar-refractivity contribution in [2.45, 2.75) is 26.3 Å². The van der Waals surface area contributed by atoms with Crippen LogP contribution in [0.15, 0.2) is 18.6 Å². The van der Waals surface area contributed by atoms with Crippen molar-refractivity contribution in [2.75, 3.05) is 23.5 Å². The fourth-order valence-corrected chi connectivity index (χ4v) is 2.13. The first-order valence-corrected chi connectivity index (χ1v) is 7.85. The lowest BCUT2D eigenvalue weighted by Crippen LogP contribution is -2.31. The Morgan fingerprint density at radius 3 is 2.76 bits per heavy atom. The van der Waals surface area contributed by atoms with Gasteiger partial charge in [-0.2, -0.15) is 10.4 Å². The number of alkyl halides is 1. The first-order valence-electron chi connectivity index (χ1n) is 7.31. The molecule has 0 bridgehead atoms. The highest BCUT2D eigenvalue weighted by Crippen LogP contribution is 2.23. The van der Waals surface area contributed by atoms with Gasteiger partial charge in [-0.05, 0) is 20.8 Å². The van der Waals surface area contributed by atoms with Gasteiger partial charge in [0.2, 0.25) is 0 Å². The molecule has 0 aliphatic heterocycles. The number of aromatic nitrogens is 4. The number of carbonyl (C=O) groups excluding carboxylic acids is 1. The first kappa shape index (κ1) is 18.5. The average Bonchev–Trinajstić information content (AvgIpc) is 3.00. The maximum Gasteiger partial charge on any atom is 0.360 e. The molecule has 0 saturated heterocycles. The van der Waals surface area contributed by atoms with Crippen LogP contribution in [-0.4, -0.2) is 38.8 Å². The third-order valence-electron chi connectivity index (χ3n) is 3.43. The van der Waals surface area contributed by atoms with Gasteiger partial charge in [0.15, 0.2) is 11.5 Å². The summed E-state index contributed by atoms with van der Waals surface area (Å²) in [6.45, 7) is 5.29. The number of nitriles is 1. The second-order valence-electron chi connectivity index (χ2n) is 5.62. The largest absolute Gasteiger partial charge is 0.464 e. The molecule has 2 aromatic rings. The predicted molar refractivity (Wildman–Crippen MR) is 92.1 cm³/mol. The molecule has 9 nitrogen and oxygen atoms in total. The number of anilines is 2. The van der Waals surface area contributed by atoms with Crippen LogP contribution in [-0.2, 0) is 10.3 Å². The van der Waals surface area contributed by atoms with Crippen molar-refractivity contribution >= 4 is 29.1 Å². The van der Waals surface area contributed by atoms with Crippen LogP contribution in [0.2, 0.25) is 0 Å². The van der Waals surface area contributed by atoms with E-state index in [9.17, 15) is 10.1 Å². The van der Waals surface area contributed by atoms with Crippen LogP contribution < -0.4 is 10.4 Å². The monoisotopic (exact) mass is 363 g/mol. The molecular weight excluding hydrogens is 346 g/mol. The number of carbonyl (C=O) groups is 1. The molecule has 132 valence electrons. The van der Waals surface area contributed by atoms with Crippen molar-refractivity contribution in [1.29, 1.82) is 5.26 Å². The highest BCUT2D eigenvalue weighted by molar-refractivity contribution is 6.19. The number of nitrogens with one attached hydrogen (secondary N) is 1. The number of halogens is 1. The van der Waals surface area contributed by atoms with E-state index < -0.39 is 11.5 Å². The molecule has 0 aliphatic carbocycles. The second-order valence-corrected chi connectivity index (χ2v) is 5.86. The van der Waals surface area contributed by atoms with Gasteiger partial charge in [-0.25, -0.2) is 14.8 Å². The molecule has 2 heterocycles. The third-order valence-corrected chi connectivity index (χ3v) is 3.67. The molecule has 0 atom stereocenters. The van der Waals surface area contributed by atoms with Crippen molar-refractivity contribution in [2.24, 2.45) is 0 Å². The summed E-state index contributed by atoms with van der Waals surface area (Å²) < 4.78 is 6.27. The Morgan fingerprint density at radius 1 is 1.48 bits per heavy atom.